The van der Waals surface area contributed by atoms with Crippen molar-refractivity contribution in [2.24, 2.45) is 5.92 Å². The van der Waals surface area contributed by atoms with Gasteiger partial charge in [0.25, 0.3) is 0 Å². The molecule has 0 spiro atoms. The number of thiophene rings is 1. The van der Waals surface area contributed by atoms with Gasteiger partial charge in [0.15, 0.2) is 0 Å². The lowest BCUT2D eigenvalue weighted by Crippen LogP contribution is -2.49. The monoisotopic (exact) mass is 437 g/mol. The molecule has 31 heavy (non-hydrogen) atoms. The maximum Gasteiger partial charge on any atom is 0.228 e. The number of fused-ring (bicyclic) bond motifs is 1. The second-order valence-electron chi connectivity index (χ2n) is 9.32. The summed E-state index contributed by atoms with van der Waals surface area (Å²) < 4.78 is 0. The van der Waals surface area contributed by atoms with E-state index in [-0.39, 0.29) is 17.7 Å². The van der Waals surface area contributed by atoms with Crippen molar-refractivity contribution in [3.63, 3.8) is 0 Å². The molecule has 3 aliphatic rings. The van der Waals surface area contributed by atoms with Crippen molar-refractivity contribution in [2.75, 3.05) is 31.1 Å². The highest BCUT2D eigenvalue weighted by Gasteiger charge is 2.38. The van der Waals surface area contributed by atoms with E-state index in [2.05, 4.69) is 42.3 Å². The molecule has 0 bridgehead atoms. The lowest BCUT2D eigenvalue weighted by Gasteiger charge is -2.40. The highest BCUT2D eigenvalue weighted by molar-refractivity contribution is 7.10. The number of benzene rings is 1. The summed E-state index contributed by atoms with van der Waals surface area (Å²) in [5, 5.41) is 2.21. The number of anilines is 1. The highest BCUT2D eigenvalue weighted by atomic mass is 32.1. The van der Waals surface area contributed by atoms with Crippen LogP contribution in [-0.2, 0) is 22.6 Å². The van der Waals surface area contributed by atoms with Gasteiger partial charge in [0, 0.05) is 55.8 Å². The molecule has 5 rings (SSSR count). The first-order valence-electron chi connectivity index (χ1n) is 11.5. The molecular weight excluding hydrogens is 406 g/mol. The predicted molar refractivity (Wildman–Crippen MR) is 124 cm³/mol. The Morgan fingerprint density at radius 2 is 1.87 bits per heavy atom. The number of likely N-dealkylation sites (tertiary alicyclic amines) is 1. The van der Waals surface area contributed by atoms with E-state index in [0.717, 1.165) is 51.1 Å². The predicted octanol–water partition coefficient (Wildman–Crippen LogP) is 3.77. The number of carbonyl (C=O) groups excluding carboxylic acids is 2. The summed E-state index contributed by atoms with van der Waals surface area (Å²) in [6.07, 6.45) is 3.56. The molecule has 1 aromatic heterocycles. The highest BCUT2D eigenvalue weighted by Crippen LogP contribution is 2.31. The number of hydrogen-bond acceptors (Lipinski definition) is 4. The van der Waals surface area contributed by atoms with Crippen LogP contribution in [0.4, 0.5) is 5.69 Å². The maximum atomic E-state index is 13.2. The Morgan fingerprint density at radius 3 is 2.65 bits per heavy atom. The van der Waals surface area contributed by atoms with Crippen molar-refractivity contribution in [1.82, 2.24) is 9.80 Å². The molecular formula is C25H31N3O2S. The van der Waals surface area contributed by atoms with Crippen LogP contribution < -0.4 is 4.90 Å². The summed E-state index contributed by atoms with van der Waals surface area (Å²) in [7, 11) is 0. The largest absolute Gasteiger partial charge is 0.342 e. The van der Waals surface area contributed by atoms with Crippen LogP contribution in [0.1, 0.15) is 40.8 Å². The molecule has 1 aromatic carbocycles. The van der Waals surface area contributed by atoms with Crippen molar-refractivity contribution in [3.8, 4) is 0 Å². The van der Waals surface area contributed by atoms with Gasteiger partial charge in [0.05, 0.1) is 5.92 Å². The SMILES string of the molecule is Cc1ccc(N2CC(C(=O)N3CCC(N4CCc5sccc5C4)CC3)CC2=O)cc1C. The molecule has 4 heterocycles. The van der Waals surface area contributed by atoms with E-state index in [1.165, 1.54) is 16.7 Å². The lowest BCUT2D eigenvalue weighted by atomic mass is 9.98. The first-order chi connectivity index (χ1) is 15.0. The summed E-state index contributed by atoms with van der Waals surface area (Å²) >= 11 is 1.88. The standard InChI is InChI=1S/C25H31N3O2S/c1-17-3-4-22(13-18(17)2)28-16-20(14-24(28)29)25(30)26-9-5-21(6-10-26)27-11-7-23-19(15-27)8-12-31-23/h3-4,8,12-13,20-21H,5-7,9-11,14-16H2,1-2H3. The van der Waals surface area contributed by atoms with Crippen LogP contribution in [0.25, 0.3) is 0 Å². The Morgan fingerprint density at radius 1 is 1.06 bits per heavy atom. The van der Waals surface area contributed by atoms with Gasteiger partial charge in [-0.1, -0.05) is 6.07 Å². The van der Waals surface area contributed by atoms with E-state index in [0.29, 0.717) is 19.0 Å². The number of rotatable bonds is 3. The van der Waals surface area contributed by atoms with Crippen LogP contribution >= 0.6 is 11.3 Å². The molecule has 2 amide bonds. The molecule has 0 N–H and O–H groups in total. The topological polar surface area (TPSA) is 43.9 Å². The van der Waals surface area contributed by atoms with Gasteiger partial charge in [-0.05, 0) is 73.4 Å². The minimum absolute atomic E-state index is 0.0661. The molecule has 0 saturated carbocycles. The van der Waals surface area contributed by atoms with Crippen LogP contribution in [0.2, 0.25) is 0 Å². The Hall–Kier alpha value is -2.18. The summed E-state index contributed by atoms with van der Waals surface area (Å²) in [5.74, 6) is 0.0160. The lowest BCUT2D eigenvalue weighted by molar-refractivity contribution is -0.137. The zero-order valence-corrected chi connectivity index (χ0v) is 19.3. The van der Waals surface area contributed by atoms with Crippen LogP contribution in [0.3, 0.4) is 0 Å². The summed E-state index contributed by atoms with van der Waals surface area (Å²) in [6, 6.07) is 8.94. The zero-order valence-electron chi connectivity index (χ0n) is 18.5. The van der Waals surface area contributed by atoms with Crippen LogP contribution in [0, 0.1) is 19.8 Å². The maximum absolute atomic E-state index is 13.2. The van der Waals surface area contributed by atoms with Crippen molar-refractivity contribution in [1.29, 1.82) is 0 Å². The number of carbonyl (C=O) groups is 2. The third kappa shape index (κ3) is 4.03. The van der Waals surface area contributed by atoms with Crippen LogP contribution in [0.5, 0.6) is 0 Å². The second-order valence-corrected chi connectivity index (χ2v) is 10.3. The Kier molecular flexibility index (Phi) is 5.61. The number of aryl methyl sites for hydroxylation is 2. The third-order valence-corrected chi connectivity index (χ3v) is 8.43. The molecule has 5 nitrogen and oxygen atoms in total. The molecule has 3 aliphatic heterocycles. The van der Waals surface area contributed by atoms with Gasteiger partial charge in [-0.3, -0.25) is 14.5 Å². The molecule has 2 saturated heterocycles. The quantitative estimate of drug-likeness (QED) is 0.734. The van der Waals surface area contributed by atoms with Gasteiger partial charge < -0.3 is 9.80 Å². The van der Waals surface area contributed by atoms with Crippen molar-refractivity contribution in [3.05, 3.63) is 51.2 Å². The summed E-state index contributed by atoms with van der Waals surface area (Å²) in [6.45, 7) is 8.45. The van der Waals surface area contributed by atoms with Crippen LogP contribution in [0.15, 0.2) is 29.6 Å². The van der Waals surface area contributed by atoms with Crippen molar-refractivity contribution in [2.45, 2.75) is 52.1 Å². The minimum atomic E-state index is -0.214. The Balaban J connectivity index is 1.17. The fraction of sp³-hybridized carbons (Fsp3) is 0.520. The fourth-order valence-corrected chi connectivity index (χ4v) is 6.20. The van der Waals surface area contributed by atoms with Crippen molar-refractivity contribution >= 4 is 28.8 Å². The van der Waals surface area contributed by atoms with Gasteiger partial charge in [-0.2, -0.15) is 0 Å². The number of nitrogens with zero attached hydrogens (tertiary/aromatic N) is 3. The molecule has 1 atom stereocenters. The van der Waals surface area contributed by atoms with E-state index in [1.807, 2.05) is 22.3 Å². The average molecular weight is 438 g/mol. The molecule has 0 radical (unpaired) electrons. The Bertz CT molecular complexity index is 992. The number of amides is 2. The number of hydrogen-bond donors (Lipinski definition) is 0. The van der Waals surface area contributed by atoms with Gasteiger partial charge in [-0.25, -0.2) is 0 Å². The second kappa shape index (κ2) is 8.40. The van der Waals surface area contributed by atoms with Gasteiger partial charge in [-0.15, -0.1) is 11.3 Å². The van der Waals surface area contributed by atoms with E-state index in [4.69, 9.17) is 0 Å². The average Bonchev–Trinajstić information content (AvgIpc) is 3.41. The molecule has 2 fully saturated rings. The molecule has 2 aromatic rings. The molecule has 1 unspecified atom stereocenters. The van der Waals surface area contributed by atoms with E-state index >= 15 is 0 Å². The summed E-state index contributed by atoms with van der Waals surface area (Å²) in [5.41, 5.74) is 4.80. The van der Waals surface area contributed by atoms with E-state index in [1.54, 1.807) is 9.78 Å². The number of piperidine rings is 1. The van der Waals surface area contributed by atoms with Crippen molar-refractivity contribution < 1.29 is 9.59 Å². The normalized spacial score (nSPS) is 22.8. The molecule has 164 valence electrons. The van der Waals surface area contributed by atoms with E-state index in [9.17, 15) is 9.59 Å². The van der Waals surface area contributed by atoms with Gasteiger partial charge in [0.2, 0.25) is 11.8 Å². The first kappa shape index (κ1) is 20.7. The van der Waals surface area contributed by atoms with Crippen LogP contribution in [-0.4, -0.2) is 53.8 Å². The fourth-order valence-electron chi connectivity index (χ4n) is 5.31. The summed E-state index contributed by atoms with van der Waals surface area (Å²) in [4.78, 5) is 33.8. The molecule has 0 aliphatic carbocycles. The van der Waals surface area contributed by atoms with E-state index < -0.39 is 0 Å². The molecule has 6 heteroatoms. The third-order valence-electron chi connectivity index (χ3n) is 7.41. The smallest absolute Gasteiger partial charge is 0.228 e. The Labute approximate surface area is 188 Å². The first-order valence-corrected chi connectivity index (χ1v) is 12.3. The van der Waals surface area contributed by atoms with Gasteiger partial charge in [0.1, 0.15) is 0 Å². The van der Waals surface area contributed by atoms with Gasteiger partial charge >= 0.3 is 0 Å². The minimum Gasteiger partial charge on any atom is -0.342 e. The zero-order chi connectivity index (χ0) is 21.5.